The zero-order valence-electron chi connectivity index (χ0n) is 17.4. The summed E-state index contributed by atoms with van der Waals surface area (Å²) in [5, 5.41) is 0.205. The van der Waals surface area contributed by atoms with Crippen LogP contribution < -0.4 is 4.90 Å². The third kappa shape index (κ3) is 3.79. The molecule has 1 aliphatic rings. The van der Waals surface area contributed by atoms with Crippen LogP contribution in [0.25, 0.3) is 5.57 Å². The van der Waals surface area contributed by atoms with Crippen LogP contribution in [-0.2, 0) is 9.59 Å². The first kappa shape index (κ1) is 20.4. The molecule has 0 spiro atoms. The fourth-order valence-corrected chi connectivity index (χ4v) is 4.24. The van der Waals surface area contributed by atoms with Gasteiger partial charge in [-0.3, -0.25) is 9.59 Å². The minimum Gasteiger partial charge on any atom is -0.268 e. The van der Waals surface area contributed by atoms with E-state index in [1.165, 1.54) is 27.8 Å². The van der Waals surface area contributed by atoms with E-state index < -0.39 is 0 Å². The van der Waals surface area contributed by atoms with Crippen molar-refractivity contribution in [3.8, 4) is 0 Å². The van der Waals surface area contributed by atoms with Crippen molar-refractivity contribution in [2.75, 3.05) is 4.90 Å². The molecule has 0 bridgehead atoms. The molecule has 2 amide bonds. The van der Waals surface area contributed by atoms with Gasteiger partial charge in [-0.25, -0.2) is 4.90 Å². The minimum absolute atomic E-state index is 0.205. The summed E-state index contributed by atoms with van der Waals surface area (Å²) in [5.74, 6) is -0.0711. The summed E-state index contributed by atoms with van der Waals surface area (Å²) in [6.45, 7) is 12.4. The van der Waals surface area contributed by atoms with Crippen molar-refractivity contribution in [3.63, 3.8) is 0 Å². The van der Waals surface area contributed by atoms with E-state index in [0.717, 1.165) is 11.1 Å². The van der Waals surface area contributed by atoms with Gasteiger partial charge in [-0.1, -0.05) is 58.0 Å². The van der Waals surface area contributed by atoms with Gasteiger partial charge in [-0.15, -0.1) is 11.8 Å². The summed E-state index contributed by atoms with van der Waals surface area (Å²) in [6.07, 6.45) is 0. The van der Waals surface area contributed by atoms with Gasteiger partial charge in [0.05, 0.1) is 16.2 Å². The van der Waals surface area contributed by atoms with Crippen LogP contribution in [0.3, 0.4) is 0 Å². The minimum atomic E-state index is -0.242. The molecule has 1 heterocycles. The normalized spacial score (nSPS) is 14.8. The molecule has 0 aromatic heterocycles. The molecule has 4 heteroatoms. The van der Waals surface area contributed by atoms with E-state index in [1.807, 2.05) is 70.2 Å². The third-order valence-corrected chi connectivity index (χ3v) is 6.09. The Labute approximate surface area is 171 Å². The maximum Gasteiger partial charge on any atom is 0.272 e. The number of hydrogen-bond donors (Lipinski definition) is 0. The highest BCUT2D eigenvalue weighted by atomic mass is 32.2. The molecule has 146 valence electrons. The van der Waals surface area contributed by atoms with Crippen LogP contribution in [0, 0.1) is 13.8 Å². The topological polar surface area (TPSA) is 37.4 Å². The van der Waals surface area contributed by atoms with E-state index in [9.17, 15) is 9.59 Å². The van der Waals surface area contributed by atoms with Crippen LogP contribution in [0.4, 0.5) is 5.69 Å². The molecule has 0 atom stereocenters. The number of rotatable bonds is 5. The zero-order chi connectivity index (χ0) is 20.6. The predicted octanol–water partition coefficient (Wildman–Crippen LogP) is 5.85. The molecule has 0 N–H and O–H groups in total. The van der Waals surface area contributed by atoms with Crippen molar-refractivity contribution in [2.45, 2.75) is 52.7 Å². The van der Waals surface area contributed by atoms with E-state index >= 15 is 0 Å². The molecule has 2 aromatic rings. The quantitative estimate of drug-likeness (QED) is 0.598. The summed E-state index contributed by atoms with van der Waals surface area (Å²) in [6, 6.07) is 13.7. The lowest BCUT2D eigenvalue weighted by atomic mass is 10.0. The highest BCUT2D eigenvalue weighted by Crippen LogP contribution is 2.40. The maximum absolute atomic E-state index is 13.4. The monoisotopic (exact) mass is 393 g/mol. The fraction of sp³-hybridized carbons (Fsp3) is 0.333. The van der Waals surface area contributed by atoms with Crippen molar-refractivity contribution in [1.29, 1.82) is 0 Å². The molecular weight excluding hydrogens is 366 g/mol. The number of benzene rings is 2. The molecule has 0 radical (unpaired) electrons. The van der Waals surface area contributed by atoms with Crippen molar-refractivity contribution >= 4 is 34.8 Å². The van der Waals surface area contributed by atoms with Gasteiger partial charge in [-0.05, 0) is 54.2 Å². The Morgan fingerprint density at radius 1 is 0.821 bits per heavy atom. The zero-order valence-corrected chi connectivity index (χ0v) is 18.2. The Kier molecular flexibility index (Phi) is 5.80. The van der Waals surface area contributed by atoms with Gasteiger partial charge >= 0.3 is 0 Å². The second-order valence-corrected chi connectivity index (χ2v) is 9.45. The average Bonchev–Trinajstić information content (AvgIpc) is 2.87. The Bertz CT molecular complexity index is 955. The number of amides is 2. The Morgan fingerprint density at radius 2 is 1.46 bits per heavy atom. The molecule has 3 nitrogen and oxygen atoms in total. The first-order chi connectivity index (χ1) is 13.2. The van der Waals surface area contributed by atoms with Crippen molar-refractivity contribution < 1.29 is 9.59 Å². The third-order valence-electron chi connectivity index (χ3n) is 5.01. The van der Waals surface area contributed by atoms with E-state index in [-0.39, 0.29) is 17.1 Å². The first-order valence-corrected chi connectivity index (χ1v) is 10.6. The van der Waals surface area contributed by atoms with Gasteiger partial charge in [0.1, 0.15) is 0 Å². The van der Waals surface area contributed by atoms with E-state index in [1.54, 1.807) is 0 Å². The molecule has 0 fully saturated rings. The summed E-state index contributed by atoms with van der Waals surface area (Å²) < 4.78 is 0. The number of carbonyl (C=O) groups excluding carboxylic acids is 2. The van der Waals surface area contributed by atoms with Crippen LogP contribution in [-0.4, -0.2) is 17.1 Å². The van der Waals surface area contributed by atoms with E-state index in [2.05, 4.69) is 13.8 Å². The largest absolute Gasteiger partial charge is 0.272 e. The van der Waals surface area contributed by atoms with Crippen LogP contribution in [0.5, 0.6) is 0 Å². The number of carbonyl (C=O) groups is 2. The van der Waals surface area contributed by atoms with Gasteiger partial charge in [0.25, 0.3) is 11.8 Å². The summed E-state index contributed by atoms with van der Waals surface area (Å²) in [5.41, 5.74) is 5.41. The van der Waals surface area contributed by atoms with Crippen LogP contribution in [0.2, 0.25) is 0 Å². The Hall–Kier alpha value is -2.33. The average molecular weight is 394 g/mol. The summed E-state index contributed by atoms with van der Waals surface area (Å²) >= 11 is 1.46. The number of aryl methyl sites for hydroxylation is 2. The van der Waals surface area contributed by atoms with Gasteiger partial charge < -0.3 is 0 Å². The second-order valence-electron chi connectivity index (χ2n) is 7.86. The Balaban J connectivity index is 2.07. The SMILES string of the molecule is Cc1ccc(C2=C(SC(C)C)C(=O)N(c3ccc(C(C)C)cc3)C2=O)cc1C. The number of imide groups is 1. The molecule has 0 unspecified atom stereocenters. The van der Waals surface area contributed by atoms with Crippen molar-refractivity contribution in [2.24, 2.45) is 0 Å². The molecule has 0 aliphatic carbocycles. The number of thioether (sulfide) groups is 1. The van der Waals surface area contributed by atoms with Crippen molar-refractivity contribution in [1.82, 2.24) is 0 Å². The standard InChI is InChI=1S/C24H27NO2S/c1-14(2)18-9-11-20(12-10-18)25-23(26)21(22(24(25)27)28-15(3)4)19-8-7-16(5)17(6)13-19/h7-15H,1-6H3. The lowest BCUT2D eigenvalue weighted by Gasteiger charge is -2.16. The number of hydrogen-bond acceptors (Lipinski definition) is 3. The predicted molar refractivity (Wildman–Crippen MR) is 119 cm³/mol. The van der Waals surface area contributed by atoms with Crippen LogP contribution in [0.1, 0.15) is 55.9 Å². The number of nitrogens with zero attached hydrogens (tertiary/aromatic N) is 1. The van der Waals surface area contributed by atoms with Crippen molar-refractivity contribution in [3.05, 3.63) is 69.6 Å². The van der Waals surface area contributed by atoms with Gasteiger partial charge in [0.2, 0.25) is 0 Å². The van der Waals surface area contributed by atoms with Gasteiger partial charge in [-0.2, -0.15) is 0 Å². The highest BCUT2D eigenvalue weighted by Gasteiger charge is 2.40. The lowest BCUT2D eigenvalue weighted by Crippen LogP contribution is -2.31. The second kappa shape index (κ2) is 7.96. The highest BCUT2D eigenvalue weighted by molar-refractivity contribution is 8.04. The van der Waals surface area contributed by atoms with E-state index in [0.29, 0.717) is 22.1 Å². The van der Waals surface area contributed by atoms with E-state index in [4.69, 9.17) is 0 Å². The smallest absolute Gasteiger partial charge is 0.268 e. The van der Waals surface area contributed by atoms with Crippen LogP contribution >= 0.6 is 11.8 Å². The molecule has 1 aliphatic heterocycles. The lowest BCUT2D eigenvalue weighted by molar-refractivity contribution is -0.119. The summed E-state index contributed by atoms with van der Waals surface area (Å²) in [7, 11) is 0. The molecule has 3 rings (SSSR count). The molecule has 28 heavy (non-hydrogen) atoms. The van der Waals surface area contributed by atoms with Crippen LogP contribution in [0.15, 0.2) is 47.4 Å². The molecule has 2 aromatic carbocycles. The molecule has 0 saturated heterocycles. The van der Waals surface area contributed by atoms with Gasteiger partial charge in [0.15, 0.2) is 0 Å². The summed E-state index contributed by atoms with van der Waals surface area (Å²) in [4.78, 5) is 28.4. The fourth-order valence-electron chi connectivity index (χ4n) is 3.25. The number of anilines is 1. The molecular formula is C24H27NO2S. The Morgan fingerprint density at radius 3 is 2.00 bits per heavy atom. The van der Waals surface area contributed by atoms with Gasteiger partial charge in [0, 0.05) is 5.25 Å². The first-order valence-electron chi connectivity index (χ1n) is 9.68. The maximum atomic E-state index is 13.4. The molecule has 0 saturated carbocycles.